The van der Waals surface area contributed by atoms with Gasteiger partial charge in [0.15, 0.2) is 0 Å². The van der Waals surface area contributed by atoms with Crippen molar-refractivity contribution in [3.8, 4) is 5.75 Å². The molecule has 0 aliphatic carbocycles. The number of halogens is 3. The molecule has 162 valence electrons. The van der Waals surface area contributed by atoms with E-state index in [9.17, 15) is 13.2 Å². The van der Waals surface area contributed by atoms with Crippen molar-refractivity contribution in [1.82, 2.24) is 4.98 Å². The van der Waals surface area contributed by atoms with Crippen molar-refractivity contribution < 1.29 is 17.9 Å². The highest BCUT2D eigenvalue weighted by atomic mass is 19.4. The average molecular weight is 434 g/mol. The first-order chi connectivity index (χ1) is 15.5. The minimum absolute atomic E-state index is 0.0338. The summed E-state index contributed by atoms with van der Waals surface area (Å²) in [5, 5.41) is 0.924. The molecule has 0 radical (unpaired) electrons. The van der Waals surface area contributed by atoms with E-state index in [0.29, 0.717) is 16.8 Å². The molecule has 2 heterocycles. The number of benzene rings is 3. The zero-order valence-corrected chi connectivity index (χ0v) is 17.3. The highest BCUT2D eigenvalue weighted by Gasteiger charge is 2.30. The van der Waals surface area contributed by atoms with Crippen LogP contribution in [0.3, 0.4) is 0 Å². The third-order valence-corrected chi connectivity index (χ3v) is 5.77. The molecule has 0 atom stereocenters. The van der Waals surface area contributed by atoms with Crippen LogP contribution in [0.1, 0.15) is 22.3 Å². The third-order valence-electron chi connectivity index (χ3n) is 5.77. The number of hydrogen-bond acceptors (Lipinski definition) is 3. The molecule has 0 amide bonds. The summed E-state index contributed by atoms with van der Waals surface area (Å²) in [6.45, 7) is 1.71. The molecule has 1 aliphatic heterocycles. The van der Waals surface area contributed by atoms with Gasteiger partial charge in [-0.3, -0.25) is 0 Å². The van der Waals surface area contributed by atoms with Gasteiger partial charge in [0.2, 0.25) is 0 Å². The number of hydrogen-bond donors (Lipinski definition) is 0. The van der Waals surface area contributed by atoms with Crippen molar-refractivity contribution in [2.75, 3.05) is 11.4 Å². The number of pyridine rings is 1. The molecule has 0 bridgehead atoms. The van der Waals surface area contributed by atoms with E-state index in [0.717, 1.165) is 42.8 Å². The van der Waals surface area contributed by atoms with Gasteiger partial charge in [0.25, 0.3) is 0 Å². The number of aromatic nitrogens is 1. The summed E-state index contributed by atoms with van der Waals surface area (Å²) >= 11 is 0. The van der Waals surface area contributed by atoms with E-state index in [2.05, 4.69) is 29.2 Å². The van der Waals surface area contributed by atoms with E-state index in [1.165, 1.54) is 17.2 Å². The Morgan fingerprint density at radius 3 is 2.53 bits per heavy atom. The Balaban J connectivity index is 1.40. The molecule has 1 aromatic heterocycles. The lowest BCUT2D eigenvalue weighted by atomic mass is 10.00. The molecule has 3 aromatic carbocycles. The van der Waals surface area contributed by atoms with Crippen LogP contribution >= 0.6 is 0 Å². The molecule has 0 fully saturated rings. The van der Waals surface area contributed by atoms with Crippen molar-refractivity contribution in [2.24, 2.45) is 0 Å². The lowest BCUT2D eigenvalue weighted by molar-refractivity contribution is -0.137. The van der Waals surface area contributed by atoms with Gasteiger partial charge in [0.05, 0.1) is 5.56 Å². The van der Waals surface area contributed by atoms with Gasteiger partial charge in [-0.05, 0) is 53.4 Å². The van der Waals surface area contributed by atoms with Gasteiger partial charge < -0.3 is 9.64 Å². The Hall–Kier alpha value is -3.54. The topological polar surface area (TPSA) is 25.4 Å². The van der Waals surface area contributed by atoms with E-state index in [1.54, 1.807) is 12.1 Å². The van der Waals surface area contributed by atoms with Crippen molar-refractivity contribution in [1.29, 1.82) is 0 Å². The second-order valence-corrected chi connectivity index (χ2v) is 7.92. The van der Waals surface area contributed by atoms with Crippen LogP contribution in [0.15, 0.2) is 78.9 Å². The summed E-state index contributed by atoms with van der Waals surface area (Å²) in [4.78, 5) is 7.10. The van der Waals surface area contributed by atoms with Crippen LogP contribution in [-0.2, 0) is 25.7 Å². The maximum Gasteiger partial charge on any atom is 0.416 e. The largest absolute Gasteiger partial charge is 0.487 e. The molecule has 0 unspecified atom stereocenters. The lowest BCUT2D eigenvalue weighted by Crippen LogP contribution is -2.30. The quantitative estimate of drug-likeness (QED) is 0.372. The second-order valence-electron chi connectivity index (χ2n) is 7.92. The van der Waals surface area contributed by atoms with Gasteiger partial charge >= 0.3 is 6.18 Å². The fourth-order valence-electron chi connectivity index (χ4n) is 4.09. The number of fused-ring (bicyclic) bond motifs is 2. The van der Waals surface area contributed by atoms with Crippen LogP contribution in [0.5, 0.6) is 5.75 Å². The molecular weight excluding hydrogens is 413 g/mol. The lowest BCUT2D eigenvalue weighted by Gasteiger charge is -2.30. The second kappa shape index (κ2) is 8.19. The van der Waals surface area contributed by atoms with Crippen LogP contribution in [-0.4, -0.2) is 11.5 Å². The third kappa shape index (κ3) is 4.13. The van der Waals surface area contributed by atoms with E-state index in [4.69, 9.17) is 9.72 Å². The standard InChI is InChI=1S/C26H21F3N2O/c27-26(28,29)22-9-3-5-18(15-22)17-32-23-10-4-8-20-11-12-24(30-25(20)23)31-14-13-19-6-1-2-7-21(19)16-31/h1-12,15H,13-14,16-17H2. The van der Waals surface area contributed by atoms with Crippen LogP contribution in [0.4, 0.5) is 19.0 Å². The van der Waals surface area contributed by atoms with Gasteiger partial charge in [0.1, 0.15) is 23.7 Å². The number of rotatable bonds is 4. The summed E-state index contributed by atoms with van der Waals surface area (Å²) in [6, 6.07) is 23.3. The molecule has 32 heavy (non-hydrogen) atoms. The maximum absolute atomic E-state index is 13.0. The van der Waals surface area contributed by atoms with Crippen molar-refractivity contribution in [2.45, 2.75) is 25.7 Å². The number of para-hydroxylation sites is 1. The van der Waals surface area contributed by atoms with Crippen LogP contribution in [0.2, 0.25) is 0 Å². The molecule has 0 saturated carbocycles. The van der Waals surface area contributed by atoms with E-state index in [1.807, 2.05) is 24.3 Å². The molecule has 0 saturated heterocycles. The molecule has 1 aliphatic rings. The highest BCUT2D eigenvalue weighted by Crippen LogP contribution is 2.31. The van der Waals surface area contributed by atoms with Gasteiger partial charge in [-0.2, -0.15) is 13.2 Å². The Morgan fingerprint density at radius 1 is 0.875 bits per heavy atom. The highest BCUT2D eigenvalue weighted by molar-refractivity contribution is 5.86. The number of ether oxygens (including phenoxy) is 1. The van der Waals surface area contributed by atoms with Crippen molar-refractivity contribution >= 4 is 16.7 Å². The zero-order valence-electron chi connectivity index (χ0n) is 17.3. The van der Waals surface area contributed by atoms with Gasteiger partial charge in [0, 0.05) is 18.5 Å². The molecule has 5 rings (SSSR count). The van der Waals surface area contributed by atoms with E-state index < -0.39 is 11.7 Å². The minimum Gasteiger partial charge on any atom is -0.487 e. The first-order valence-corrected chi connectivity index (χ1v) is 10.5. The Kier molecular flexibility index (Phi) is 5.21. The summed E-state index contributed by atoms with van der Waals surface area (Å²) in [7, 11) is 0. The smallest absolute Gasteiger partial charge is 0.416 e. The van der Waals surface area contributed by atoms with Crippen molar-refractivity contribution in [3.63, 3.8) is 0 Å². The SMILES string of the molecule is FC(F)(F)c1cccc(COc2cccc3ccc(N4CCc5ccccc5C4)nc23)c1. The Bertz CT molecular complexity index is 1270. The zero-order chi connectivity index (χ0) is 22.1. The average Bonchev–Trinajstić information content (AvgIpc) is 2.81. The first-order valence-electron chi connectivity index (χ1n) is 10.5. The van der Waals surface area contributed by atoms with E-state index in [-0.39, 0.29) is 6.61 Å². The summed E-state index contributed by atoms with van der Waals surface area (Å²) in [5.74, 6) is 1.42. The number of alkyl halides is 3. The van der Waals surface area contributed by atoms with Crippen LogP contribution in [0.25, 0.3) is 10.9 Å². The van der Waals surface area contributed by atoms with Gasteiger partial charge in [-0.15, -0.1) is 0 Å². The molecule has 0 N–H and O–H groups in total. The summed E-state index contributed by atoms with van der Waals surface area (Å²) < 4.78 is 44.9. The monoisotopic (exact) mass is 434 g/mol. The van der Waals surface area contributed by atoms with Crippen LogP contribution in [0, 0.1) is 0 Å². The number of anilines is 1. The predicted octanol–water partition coefficient (Wildman–Crippen LogP) is 6.40. The minimum atomic E-state index is -4.38. The normalized spacial score (nSPS) is 13.8. The van der Waals surface area contributed by atoms with Crippen molar-refractivity contribution in [3.05, 3.63) is 101 Å². The molecule has 3 nitrogen and oxygen atoms in total. The fraction of sp³-hybridized carbons (Fsp3) is 0.192. The van der Waals surface area contributed by atoms with Gasteiger partial charge in [-0.25, -0.2) is 4.98 Å². The summed E-state index contributed by atoms with van der Waals surface area (Å²) in [5.41, 5.74) is 3.16. The van der Waals surface area contributed by atoms with Crippen LogP contribution < -0.4 is 9.64 Å². The molecule has 4 aromatic rings. The molecular formula is C26H21F3N2O. The van der Waals surface area contributed by atoms with Gasteiger partial charge in [-0.1, -0.05) is 48.5 Å². The molecule has 6 heteroatoms. The Labute approximate surface area is 184 Å². The summed E-state index contributed by atoms with van der Waals surface area (Å²) in [6.07, 6.45) is -3.41. The van der Waals surface area contributed by atoms with E-state index >= 15 is 0 Å². The fourth-order valence-corrected chi connectivity index (χ4v) is 4.09. The Morgan fingerprint density at radius 2 is 1.69 bits per heavy atom. The first kappa shape index (κ1) is 20.4. The maximum atomic E-state index is 13.0. The number of nitrogens with zero attached hydrogens (tertiary/aromatic N) is 2. The predicted molar refractivity (Wildman–Crippen MR) is 119 cm³/mol. The molecule has 0 spiro atoms.